The zero-order chi connectivity index (χ0) is 18.4. The molecule has 0 aliphatic carbocycles. The van der Waals surface area contributed by atoms with E-state index in [4.69, 9.17) is 11.6 Å². The lowest BCUT2D eigenvalue weighted by Crippen LogP contribution is -2.39. The molecule has 2 aromatic rings. The fourth-order valence-electron chi connectivity index (χ4n) is 2.09. The summed E-state index contributed by atoms with van der Waals surface area (Å²) >= 11 is 6.93. The van der Waals surface area contributed by atoms with Crippen molar-refractivity contribution in [2.24, 2.45) is 0 Å². The zero-order valence-electron chi connectivity index (χ0n) is 13.2. The van der Waals surface area contributed by atoms with Crippen molar-refractivity contribution in [3.05, 3.63) is 40.9 Å². The molecule has 134 valence electrons. The maximum Gasteiger partial charge on any atom is 0.244 e. The molecule has 2 rings (SSSR count). The van der Waals surface area contributed by atoms with Crippen LogP contribution in [0.1, 0.15) is 13.3 Å². The largest absolute Gasteiger partial charge is 0.325 e. The molecule has 2 N–H and O–H groups in total. The Morgan fingerprint density at radius 2 is 1.92 bits per heavy atom. The molecule has 0 radical (unpaired) electrons. The number of benzene rings is 1. The molecule has 2 amide bonds. The fraction of sp³-hybridized carbons (Fsp3) is 0.267. The minimum absolute atomic E-state index is 0.0494. The van der Waals surface area contributed by atoms with E-state index in [0.717, 1.165) is 0 Å². The van der Waals surface area contributed by atoms with Crippen LogP contribution in [-0.2, 0) is 19.4 Å². The number of nitrogens with one attached hydrogen (secondary N) is 2. The first-order valence-electron chi connectivity index (χ1n) is 7.29. The van der Waals surface area contributed by atoms with Crippen LogP contribution in [0.5, 0.6) is 0 Å². The molecule has 1 aromatic heterocycles. The van der Waals surface area contributed by atoms with Crippen molar-refractivity contribution in [3.63, 3.8) is 0 Å². The number of nitrogens with zero attached hydrogens (tertiary/aromatic N) is 1. The van der Waals surface area contributed by atoms with Gasteiger partial charge in [-0.15, -0.1) is 11.3 Å². The second kappa shape index (κ2) is 8.41. The van der Waals surface area contributed by atoms with Crippen LogP contribution in [0.4, 0.5) is 10.8 Å². The number of halogens is 1. The zero-order valence-corrected chi connectivity index (χ0v) is 15.6. The van der Waals surface area contributed by atoms with Crippen LogP contribution in [0.2, 0.25) is 5.02 Å². The molecule has 0 aliphatic heterocycles. The van der Waals surface area contributed by atoms with E-state index in [1.807, 2.05) is 0 Å². The van der Waals surface area contributed by atoms with Crippen molar-refractivity contribution in [3.8, 4) is 0 Å². The van der Waals surface area contributed by atoms with E-state index >= 15 is 0 Å². The van der Waals surface area contributed by atoms with Gasteiger partial charge in [-0.1, -0.05) is 18.5 Å². The molecule has 0 aliphatic rings. The van der Waals surface area contributed by atoms with Gasteiger partial charge in [0, 0.05) is 22.3 Å². The van der Waals surface area contributed by atoms with Crippen molar-refractivity contribution >= 4 is 55.4 Å². The van der Waals surface area contributed by atoms with E-state index in [0.29, 0.717) is 15.8 Å². The van der Waals surface area contributed by atoms with E-state index in [2.05, 4.69) is 15.6 Å². The van der Waals surface area contributed by atoms with Crippen LogP contribution >= 0.6 is 22.9 Å². The summed E-state index contributed by atoms with van der Waals surface area (Å²) in [6, 6.07) is 6.25. The summed E-state index contributed by atoms with van der Waals surface area (Å²) in [5.74, 6) is -2.21. The molecule has 0 saturated heterocycles. The van der Waals surface area contributed by atoms with Gasteiger partial charge in [0.25, 0.3) is 0 Å². The molecule has 7 nitrogen and oxygen atoms in total. The highest BCUT2D eigenvalue weighted by Gasteiger charge is 2.33. The van der Waals surface area contributed by atoms with Gasteiger partial charge in [0.15, 0.2) is 15.0 Å². The number of anilines is 2. The van der Waals surface area contributed by atoms with Gasteiger partial charge in [-0.3, -0.25) is 9.59 Å². The quantitative estimate of drug-likeness (QED) is 0.741. The molecule has 0 bridgehead atoms. The number of hydrogen-bond donors (Lipinski definition) is 2. The maximum atomic E-state index is 12.4. The summed E-state index contributed by atoms with van der Waals surface area (Å²) in [4.78, 5) is 28.1. The third-order valence-electron chi connectivity index (χ3n) is 3.22. The second-order valence-corrected chi connectivity index (χ2v) is 8.60. The smallest absolute Gasteiger partial charge is 0.244 e. The number of amides is 2. The van der Waals surface area contributed by atoms with Gasteiger partial charge in [0.1, 0.15) is 11.0 Å². The number of rotatable bonds is 7. The normalized spacial score (nSPS) is 12.4. The lowest BCUT2D eigenvalue weighted by molar-refractivity contribution is -0.115. The number of aromatic nitrogens is 1. The highest BCUT2D eigenvalue weighted by atomic mass is 35.5. The average molecular weight is 402 g/mol. The third-order valence-corrected chi connectivity index (χ3v) is 6.24. The Morgan fingerprint density at radius 3 is 2.48 bits per heavy atom. The molecule has 0 fully saturated rings. The highest BCUT2D eigenvalue weighted by Crippen LogP contribution is 2.16. The summed E-state index contributed by atoms with van der Waals surface area (Å²) in [7, 11) is -3.98. The molecule has 25 heavy (non-hydrogen) atoms. The van der Waals surface area contributed by atoms with Crippen molar-refractivity contribution in [2.45, 2.75) is 18.6 Å². The summed E-state index contributed by atoms with van der Waals surface area (Å²) in [5.41, 5.74) is 0.421. The van der Waals surface area contributed by atoms with Crippen molar-refractivity contribution in [1.29, 1.82) is 0 Å². The van der Waals surface area contributed by atoms with Crippen LogP contribution in [-0.4, -0.2) is 36.2 Å². The van der Waals surface area contributed by atoms with Crippen LogP contribution in [0, 0.1) is 0 Å². The van der Waals surface area contributed by atoms with Gasteiger partial charge in [0.05, 0.1) is 0 Å². The summed E-state index contributed by atoms with van der Waals surface area (Å²) in [6.45, 7) is 1.57. The molecule has 1 heterocycles. The molecule has 0 spiro atoms. The Kier molecular flexibility index (Phi) is 6.51. The summed E-state index contributed by atoms with van der Waals surface area (Å²) < 4.78 is 24.9. The van der Waals surface area contributed by atoms with Crippen molar-refractivity contribution < 1.29 is 18.0 Å². The number of sulfone groups is 1. The summed E-state index contributed by atoms with van der Waals surface area (Å²) in [6.07, 6.45) is 1.54. The van der Waals surface area contributed by atoms with Gasteiger partial charge >= 0.3 is 0 Å². The Hall–Kier alpha value is -1.97. The summed E-state index contributed by atoms with van der Waals surface area (Å²) in [5, 5.41) is 6.06. The highest BCUT2D eigenvalue weighted by molar-refractivity contribution is 7.93. The molecule has 1 unspecified atom stereocenters. The van der Waals surface area contributed by atoms with E-state index in [1.54, 1.807) is 36.6 Å². The maximum absolute atomic E-state index is 12.4. The van der Waals surface area contributed by atoms with Gasteiger partial charge in [-0.2, -0.15) is 0 Å². The van der Waals surface area contributed by atoms with E-state index in [1.165, 1.54) is 17.5 Å². The number of thiazole rings is 1. The molecule has 0 saturated carbocycles. The average Bonchev–Trinajstić information content (AvgIpc) is 3.02. The van der Waals surface area contributed by atoms with E-state index in [-0.39, 0.29) is 6.42 Å². The van der Waals surface area contributed by atoms with Crippen molar-refractivity contribution in [1.82, 2.24) is 4.98 Å². The Labute approximate surface area is 154 Å². The molecule has 1 atom stereocenters. The molecular formula is C15H16ClN3O4S2. The van der Waals surface area contributed by atoms with Gasteiger partial charge in [-0.05, 0) is 30.7 Å². The molecule has 1 aromatic carbocycles. The fourth-order valence-corrected chi connectivity index (χ4v) is 4.28. The Morgan fingerprint density at radius 1 is 1.24 bits per heavy atom. The first-order chi connectivity index (χ1) is 11.8. The minimum atomic E-state index is -3.98. The standard InChI is InChI=1S/C15H16ClN3O4S2/c1-2-12(14(21)19-15-17-7-8-24-15)25(22,23)9-13(20)18-11-5-3-10(16)4-6-11/h3-8,12H,2,9H2,1H3,(H,18,20)(H,17,19,21). The van der Waals surface area contributed by atoms with Crippen LogP contribution < -0.4 is 10.6 Å². The van der Waals surface area contributed by atoms with E-state index < -0.39 is 32.7 Å². The lowest BCUT2D eigenvalue weighted by atomic mass is 10.3. The van der Waals surface area contributed by atoms with Gasteiger partial charge in [0.2, 0.25) is 11.8 Å². The topological polar surface area (TPSA) is 105 Å². The number of hydrogen-bond acceptors (Lipinski definition) is 6. The number of carbonyl (C=O) groups excluding carboxylic acids is 2. The lowest BCUT2D eigenvalue weighted by Gasteiger charge is -2.15. The molecular weight excluding hydrogens is 386 g/mol. The Bertz CT molecular complexity index is 836. The van der Waals surface area contributed by atoms with Crippen molar-refractivity contribution in [2.75, 3.05) is 16.4 Å². The predicted octanol–water partition coefficient (Wildman–Crippen LogP) is 2.57. The third kappa shape index (κ3) is 5.52. The minimum Gasteiger partial charge on any atom is -0.325 e. The first kappa shape index (κ1) is 19.4. The first-order valence-corrected chi connectivity index (χ1v) is 10.3. The Balaban J connectivity index is 2.03. The second-order valence-electron chi connectivity index (χ2n) is 5.09. The van der Waals surface area contributed by atoms with Gasteiger partial charge in [-0.25, -0.2) is 13.4 Å². The predicted molar refractivity (Wildman–Crippen MR) is 98.7 cm³/mol. The van der Waals surface area contributed by atoms with Crippen LogP contribution in [0.3, 0.4) is 0 Å². The number of carbonyl (C=O) groups is 2. The van der Waals surface area contributed by atoms with Crippen LogP contribution in [0.15, 0.2) is 35.8 Å². The molecule has 10 heteroatoms. The SMILES string of the molecule is CCC(C(=O)Nc1nccs1)S(=O)(=O)CC(=O)Nc1ccc(Cl)cc1. The van der Waals surface area contributed by atoms with Gasteiger partial charge < -0.3 is 10.6 Å². The monoisotopic (exact) mass is 401 g/mol. The van der Waals surface area contributed by atoms with Crippen LogP contribution in [0.25, 0.3) is 0 Å². The van der Waals surface area contributed by atoms with E-state index in [9.17, 15) is 18.0 Å².